The summed E-state index contributed by atoms with van der Waals surface area (Å²) in [4.78, 5) is 10.1. The number of hydrogen-bond donors (Lipinski definition) is 0. The maximum atomic E-state index is 5.09. The Labute approximate surface area is 213 Å². The number of aromatic nitrogens is 3. The van der Waals surface area contributed by atoms with Crippen molar-refractivity contribution in [2.75, 3.05) is 0 Å². The third-order valence-corrected chi connectivity index (χ3v) is 8.15. The van der Waals surface area contributed by atoms with Crippen LogP contribution in [-0.4, -0.2) is 14.5 Å². The largest absolute Gasteiger partial charge is 0.344 e. The van der Waals surface area contributed by atoms with Crippen LogP contribution in [0.5, 0.6) is 0 Å². The predicted octanol–water partition coefficient (Wildman–Crippen LogP) is 9.22. The molecule has 6 aromatic rings. The first-order chi connectivity index (χ1) is 16.1. The maximum Gasteiger partial charge on any atom is 0.116 e. The highest BCUT2D eigenvalue weighted by atomic mass is 79.9. The van der Waals surface area contributed by atoms with Crippen molar-refractivity contribution in [1.29, 1.82) is 0 Å². The van der Waals surface area contributed by atoms with Gasteiger partial charge in [-0.25, -0.2) is 9.97 Å². The molecule has 0 atom stereocenters. The van der Waals surface area contributed by atoms with E-state index in [1.807, 2.05) is 32.0 Å². The van der Waals surface area contributed by atoms with E-state index in [9.17, 15) is 0 Å². The molecule has 0 N–H and O–H groups in total. The van der Waals surface area contributed by atoms with Crippen molar-refractivity contribution in [3.63, 3.8) is 0 Å². The minimum absolute atomic E-state index is 0.878. The van der Waals surface area contributed by atoms with Crippen molar-refractivity contribution in [3.05, 3.63) is 80.4 Å². The number of rotatable bonds is 2. The fraction of sp³-hybridized carbons (Fsp3) is 0.111. The number of halogens is 2. The van der Waals surface area contributed by atoms with Gasteiger partial charge in [-0.15, -0.1) is 11.3 Å². The van der Waals surface area contributed by atoms with Gasteiger partial charge >= 0.3 is 0 Å². The Morgan fingerprint density at radius 2 is 1.24 bits per heavy atom. The minimum atomic E-state index is 0.878. The summed E-state index contributed by atoms with van der Waals surface area (Å²) in [5.74, 6) is 0. The molecule has 6 heteroatoms. The van der Waals surface area contributed by atoms with Crippen LogP contribution in [0.2, 0.25) is 0 Å². The van der Waals surface area contributed by atoms with Crippen molar-refractivity contribution < 1.29 is 0 Å². The van der Waals surface area contributed by atoms with E-state index in [1.54, 1.807) is 11.3 Å². The molecule has 0 aliphatic rings. The van der Waals surface area contributed by atoms with E-state index in [-0.39, 0.29) is 0 Å². The van der Waals surface area contributed by atoms with Gasteiger partial charge in [-0.3, -0.25) is 0 Å². The van der Waals surface area contributed by atoms with E-state index < -0.39 is 0 Å². The number of benzene rings is 3. The van der Waals surface area contributed by atoms with Crippen LogP contribution in [0.1, 0.15) is 13.8 Å². The van der Waals surface area contributed by atoms with Gasteiger partial charge in [0, 0.05) is 40.0 Å². The van der Waals surface area contributed by atoms with Crippen molar-refractivity contribution in [2.45, 2.75) is 13.8 Å². The van der Waals surface area contributed by atoms with Crippen molar-refractivity contribution in [2.24, 2.45) is 7.05 Å². The molecule has 3 aromatic carbocycles. The number of aryl methyl sites for hydroxylation is 1. The molecular formula is C27H21Br2N3S. The molecule has 0 saturated heterocycles. The lowest BCUT2D eigenvalue weighted by atomic mass is 10.0. The summed E-state index contributed by atoms with van der Waals surface area (Å²) in [7, 11) is 2.12. The molecule has 0 aliphatic carbocycles. The van der Waals surface area contributed by atoms with E-state index >= 15 is 0 Å². The second-order valence-corrected chi connectivity index (χ2v) is 11.1. The van der Waals surface area contributed by atoms with Crippen LogP contribution in [-0.2, 0) is 7.05 Å². The van der Waals surface area contributed by atoms with Gasteiger partial charge in [-0.2, -0.15) is 0 Å². The molecule has 164 valence electrons. The smallest absolute Gasteiger partial charge is 0.116 e. The topological polar surface area (TPSA) is 30.7 Å². The Morgan fingerprint density at radius 3 is 1.94 bits per heavy atom. The third kappa shape index (κ3) is 3.70. The van der Waals surface area contributed by atoms with E-state index in [4.69, 9.17) is 9.97 Å². The summed E-state index contributed by atoms with van der Waals surface area (Å²) in [6, 6.07) is 25.4. The van der Waals surface area contributed by atoms with Gasteiger partial charge in [0.2, 0.25) is 0 Å². The van der Waals surface area contributed by atoms with Crippen LogP contribution in [0.25, 0.3) is 55.4 Å². The average molecular weight is 579 g/mol. The van der Waals surface area contributed by atoms with Gasteiger partial charge in [0.05, 0.1) is 19.0 Å². The average Bonchev–Trinajstić information content (AvgIpc) is 3.32. The van der Waals surface area contributed by atoms with E-state index in [0.717, 1.165) is 41.1 Å². The van der Waals surface area contributed by atoms with Crippen molar-refractivity contribution in [1.82, 2.24) is 14.5 Å². The molecule has 0 spiro atoms. The molecular weight excluding hydrogens is 558 g/mol. The molecule has 0 fully saturated rings. The van der Waals surface area contributed by atoms with Gasteiger partial charge in [0.15, 0.2) is 0 Å². The highest BCUT2D eigenvalue weighted by molar-refractivity contribution is 9.12. The SMILES string of the molecule is CC.Cn1c2ccccc2c2ccc(-c3nc4c(Br)sc(Br)c4nc3-c3ccccc3)cc21. The fourth-order valence-corrected chi connectivity index (χ4v) is 7.00. The second kappa shape index (κ2) is 9.01. The lowest BCUT2D eigenvalue weighted by Gasteiger charge is -2.10. The van der Waals surface area contributed by atoms with Crippen LogP contribution in [0, 0.1) is 0 Å². The second-order valence-electron chi connectivity index (χ2n) is 7.44. The Balaban J connectivity index is 0.00000111. The zero-order valence-electron chi connectivity index (χ0n) is 18.4. The minimum Gasteiger partial charge on any atom is -0.344 e. The molecule has 0 amide bonds. The normalized spacial score (nSPS) is 11.2. The van der Waals surface area contributed by atoms with Crippen molar-refractivity contribution >= 4 is 76.0 Å². The van der Waals surface area contributed by atoms with Crippen LogP contribution in [0.4, 0.5) is 0 Å². The standard InChI is InChI=1S/C25H15Br2N3S.C2H6/c1-30-18-10-6-5-9-16(18)17-12-11-15(13-19(17)30)21-20(14-7-3-2-4-8-14)28-22-23(29-21)25(27)31-24(22)26;1-2/h2-13H,1H3;1-2H3. The monoisotopic (exact) mass is 577 g/mol. The number of nitrogens with zero attached hydrogens (tertiary/aromatic N) is 3. The van der Waals surface area contributed by atoms with E-state index in [1.165, 1.54) is 21.8 Å². The molecule has 0 bridgehead atoms. The molecule has 3 aromatic heterocycles. The van der Waals surface area contributed by atoms with Crippen LogP contribution in [0.3, 0.4) is 0 Å². The zero-order valence-corrected chi connectivity index (χ0v) is 22.4. The number of para-hydroxylation sites is 1. The molecule has 3 nitrogen and oxygen atoms in total. The fourth-order valence-electron chi connectivity index (χ4n) is 4.19. The quantitative estimate of drug-likeness (QED) is 0.205. The summed E-state index contributed by atoms with van der Waals surface area (Å²) in [6.07, 6.45) is 0. The molecule has 33 heavy (non-hydrogen) atoms. The first-order valence-electron chi connectivity index (χ1n) is 10.8. The summed E-state index contributed by atoms with van der Waals surface area (Å²) < 4.78 is 4.21. The van der Waals surface area contributed by atoms with Crippen LogP contribution < -0.4 is 0 Å². The Morgan fingerprint density at radius 1 is 0.667 bits per heavy atom. The van der Waals surface area contributed by atoms with Gasteiger partial charge in [-0.1, -0.05) is 74.5 Å². The first-order valence-corrected chi connectivity index (χ1v) is 13.2. The molecule has 6 rings (SSSR count). The molecule has 0 unspecified atom stereocenters. The Hall–Kier alpha value is -2.54. The maximum absolute atomic E-state index is 5.09. The highest BCUT2D eigenvalue weighted by Gasteiger charge is 2.19. The van der Waals surface area contributed by atoms with E-state index in [0.29, 0.717) is 0 Å². The summed E-state index contributed by atoms with van der Waals surface area (Å²) in [5, 5.41) is 2.51. The number of thiophene rings is 1. The predicted molar refractivity (Wildman–Crippen MR) is 149 cm³/mol. The van der Waals surface area contributed by atoms with Crippen LogP contribution in [0.15, 0.2) is 80.4 Å². The number of hydrogen-bond acceptors (Lipinski definition) is 3. The summed E-state index contributed by atoms with van der Waals surface area (Å²) >= 11 is 8.91. The summed E-state index contributed by atoms with van der Waals surface area (Å²) in [6.45, 7) is 4.00. The Bertz CT molecular complexity index is 1620. The third-order valence-electron chi connectivity index (χ3n) is 5.68. The van der Waals surface area contributed by atoms with Crippen molar-refractivity contribution in [3.8, 4) is 22.5 Å². The molecule has 0 saturated carbocycles. The van der Waals surface area contributed by atoms with Gasteiger partial charge in [-0.05, 0) is 44.0 Å². The van der Waals surface area contributed by atoms with Crippen LogP contribution >= 0.6 is 43.2 Å². The molecule has 0 aliphatic heterocycles. The lowest BCUT2D eigenvalue weighted by molar-refractivity contribution is 1.01. The number of fused-ring (bicyclic) bond motifs is 4. The van der Waals surface area contributed by atoms with Gasteiger partial charge in [0.1, 0.15) is 11.0 Å². The lowest BCUT2D eigenvalue weighted by Crippen LogP contribution is -1.95. The zero-order chi connectivity index (χ0) is 23.1. The highest BCUT2D eigenvalue weighted by Crippen LogP contribution is 2.41. The van der Waals surface area contributed by atoms with Gasteiger partial charge in [0.25, 0.3) is 0 Å². The molecule has 3 heterocycles. The van der Waals surface area contributed by atoms with Gasteiger partial charge < -0.3 is 4.57 Å². The first kappa shape index (κ1) is 22.3. The molecule has 0 radical (unpaired) electrons. The Kier molecular flexibility index (Phi) is 6.08. The summed E-state index contributed by atoms with van der Waals surface area (Å²) in [5.41, 5.74) is 8.05. The van der Waals surface area contributed by atoms with E-state index in [2.05, 4.69) is 98.1 Å².